The molecule has 1 fully saturated rings. The zero-order chi connectivity index (χ0) is 15.4. The Morgan fingerprint density at radius 3 is 3.09 bits per heavy atom. The zero-order valence-corrected chi connectivity index (χ0v) is 12.3. The van der Waals surface area contributed by atoms with Crippen LogP contribution in [0.15, 0.2) is 35.3 Å². The van der Waals surface area contributed by atoms with Gasteiger partial charge in [0.25, 0.3) is 0 Å². The number of hydrogen-bond donors (Lipinski definition) is 2. The summed E-state index contributed by atoms with van der Waals surface area (Å²) in [4.78, 5) is 23.0. The number of β-amino-alcohol motifs (C(OH)–C–C–N with tert-alkyl or cyclic N) is 1. The van der Waals surface area contributed by atoms with Crippen molar-refractivity contribution < 1.29 is 14.3 Å². The minimum Gasteiger partial charge on any atom is -0.468 e. The molecule has 0 aliphatic carbocycles. The van der Waals surface area contributed by atoms with Gasteiger partial charge >= 0.3 is 0 Å². The molecular formula is C15H20N4O3. The molecule has 0 unspecified atom stereocenters. The number of aromatic nitrogens is 2. The van der Waals surface area contributed by atoms with Crippen molar-refractivity contribution in [1.82, 2.24) is 19.8 Å². The second-order valence-electron chi connectivity index (χ2n) is 5.56. The number of carbonyl (C=O) groups excluding carboxylic acids is 1. The molecule has 7 heteroatoms. The van der Waals surface area contributed by atoms with E-state index in [1.54, 1.807) is 23.7 Å². The van der Waals surface area contributed by atoms with Crippen molar-refractivity contribution in [2.24, 2.45) is 0 Å². The highest BCUT2D eigenvalue weighted by Gasteiger charge is 2.25. The number of amides is 1. The SMILES string of the molecule is O=C(Cc1cnc[nH]1)N1CCN(Cc2ccco2)C[C@@H](O)C1. The Bertz CT molecular complexity index is 582. The van der Waals surface area contributed by atoms with E-state index in [2.05, 4.69) is 14.9 Å². The molecule has 7 nitrogen and oxygen atoms in total. The summed E-state index contributed by atoms with van der Waals surface area (Å²) in [7, 11) is 0. The summed E-state index contributed by atoms with van der Waals surface area (Å²) < 4.78 is 5.34. The van der Waals surface area contributed by atoms with Gasteiger partial charge < -0.3 is 19.4 Å². The summed E-state index contributed by atoms with van der Waals surface area (Å²) in [5, 5.41) is 10.1. The third-order valence-corrected chi connectivity index (χ3v) is 3.80. The lowest BCUT2D eigenvalue weighted by Crippen LogP contribution is -2.38. The van der Waals surface area contributed by atoms with Gasteiger partial charge in [-0.1, -0.05) is 0 Å². The van der Waals surface area contributed by atoms with Crippen molar-refractivity contribution in [2.75, 3.05) is 26.2 Å². The number of aliphatic hydroxyl groups is 1. The van der Waals surface area contributed by atoms with E-state index in [4.69, 9.17) is 4.42 Å². The van der Waals surface area contributed by atoms with Crippen LogP contribution >= 0.6 is 0 Å². The summed E-state index contributed by atoms with van der Waals surface area (Å²) in [6, 6.07) is 3.77. The summed E-state index contributed by atoms with van der Waals surface area (Å²) in [6.07, 6.45) is 4.58. The Balaban J connectivity index is 1.57. The third-order valence-electron chi connectivity index (χ3n) is 3.80. The Kier molecular flexibility index (Phi) is 4.55. The molecule has 1 aliphatic rings. The van der Waals surface area contributed by atoms with E-state index in [1.165, 1.54) is 0 Å². The second-order valence-corrected chi connectivity index (χ2v) is 5.56. The van der Waals surface area contributed by atoms with E-state index in [-0.39, 0.29) is 12.3 Å². The summed E-state index contributed by atoms with van der Waals surface area (Å²) in [5.41, 5.74) is 0.788. The average molecular weight is 304 g/mol. The lowest BCUT2D eigenvalue weighted by molar-refractivity contribution is -0.131. The maximum Gasteiger partial charge on any atom is 0.228 e. The molecule has 22 heavy (non-hydrogen) atoms. The molecule has 1 aliphatic heterocycles. The van der Waals surface area contributed by atoms with Crippen molar-refractivity contribution in [3.8, 4) is 0 Å². The highest BCUT2D eigenvalue weighted by molar-refractivity contribution is 5.78. The van der Waals surface area contributed by atoms with Crippen molar-refractivity contribution in [3.05, 3.63) is 42.4 Å². The quantitative estimate of drug-likeness (QED) is 0.846. The minimum absolute atomic E-state index is 0.00292. The van der Waals surface area contributed by atoms with Crippen LogP contribution in [0.25, 0.3) is 0 Å². The van der Waals surface area contributed by atoms with E-state index in [9.17, 15) is 9.90 Å². The fraction of sp³-hybridized carbons (Fsp3) is 0.467. The Morgan fingerprint density at radius 1 is 1.45 bits per heavy atom. The van der Waals surface area contributed by atoms with Gasteiger partial charge in [-0.05, 0) is 12.1 Å². The molecule has 1 saturated heterocycles. The van der Waals surface area contributed by atoms with Gasteiger partial charge in [0.15, 0.2) is 0 Å². The van der Waals surface area contributed by atoms with Crippen LogP contribution in [0, 0.1) is 0 Å². The minimum atomic E-state index is -0.553. The molecule has 0 radical (unpaired) electrons. The first-order chi connectivity index (χ1) is 10.7. The van der Waals surface area contributed by atoms with Crippen LogP contribution in [0.4, 0.5) is 0 Å². The largest absolute Gasteiger partial charge is 0.468 e. The molecule has 0 bridgehead atoms. The lowest BCUT2D eigenvalue weighted by Gasteiger charge is -2.21. The van der Waals surface area contributed by atoms with Crippen LogP contribution in [-0.2, 0) is 17.8 Å². The maximum atomic E-state index is 12.3. The molecular weight excluding hydrogens is 284 g/mol. The molecule has 3 rings (SSSR count). The molecule has 118 valence electrons. The van der Waals surface area contributed by atoms with Crippen LogP contribution < -0.4 is 0 Å². The van der Waals surface area contributed by atoms with Crippen LogP contribution in [0.2, 0.25) is 0 Å². The highest BCUT2D eigenvalue weighted by atomic mass is 16.3. The molecule has 0 aromatic carbocycles. The van der Waals surface area contributed by atoms with Crippen molar-refractivity contribution in [2.45, 2.75) is 19.1 Å². The van der Waals surface area contributed by atoms with Gasteiger partial charge in [0.2, 0.25) is 5.91 Å². The van der Waals surface area contributed by atoms with Gasteiger partial charge in [0.1, 0.15) is 5.76 Å². The molecule has 0 spiro atoms. The topological polar surface area (TPSA) is 85.6 Å². The smallest absolute Gasteiger partial charge is 0.228 e. The van der Waals surface area contributed by atoms with Crippen LogP contribution in [0.3, 0.4) is 0 Å². The van der Waals surface area contributed by atoms with Crippen LogP contribution in [-0.4, -0.2) is 63.1 Å². The zero-order valence-electron chi connectivity index (χ0n) is 12.3. The number of carbonyl (C=O) groups is 1. The van der Waals surface area contributed by atoms with Gasteiger partial charge in [-0.25, -0.2) is 4.98 Å². The van der Waals surface area contributed by atoms with E-state index < -0.39 is 6.10 Å². The molecule has 1 atom stereocenters. The van der Waals surface area contributed by atoms with E-state index >= 15 is 0 Å². The highest BCUT2D eigenvalue weighted by Crippen LogP contribution is 2.11. The lowest BCUT2D eigenvalue weighted by atomic mass is 10.2. The number of furan rings is 1. The summed E-state index contributed by atoms with van der Waals surface area (Å²) in [5.74, 6) is 0.868. The Morgan fingerprint density at radius 2 is 2.36 bits per heavy atom. The van der Waals surface area contributed by atoms with Crippen LogP contribution in [0.1, 0.15) is 11.5 Å². The Hall–Kier alpha value is -2.12. The van der Waals surface area contributed by atoms with E-state index in [0.29, 0.717) is 32.7 Å². The standard InChI is InChI=1S/C15H20N4O3/c20-13-8-18(10-14-2-1-5-22-14)3-4-19(9-13)15(21)6-12-7-16-11-17-12/h1-2,5,7,11,13,20H,3-4,6,8-10H2,(H,16,17)/t13-/m1/s1. The maximum absolute atomic E-state index is 12.3. The number of aliphatic hydroxyl groups excluding tert-OH is 1. The average Bonchev–Trinajstić information content (AvgIpc) is 3.13. The van der Waals surface area contributed by atoms with Gasteiger partial charge in [-0.2, -0.15) is 0 Å². The number of hydrogen-bond acceptors (Lipinski definition) is 5. The molecule has 2 N–H and O–H groups in total. The number of H-pyrrole nitrogens is 1. The monoisotopic (exact) mass is 304 g/mol. The van der Waals surface area contributed by atoms with Crippen molar-refractivity contribution in [1.29, 1.82) is 0 Å². The molecule has 2 aromatic heterocycles. The third kappa shape index (κ3) is 3.75. The van der Waals surface area contributed by atoms with Gasteiger partial charge in [-0.3, -0.25) is 9.69 Å². The number of rotatable bonds is 4. The molecule has 2 aromatic rings. The predicted molar refractivity (Wildman–Crippen MR) is 78.9 cm³/mol. The van der Waals surface area contributed by atoms with E-state index in [0.717, 1.165) is 11.5 Å². The predicted octanol–water partition coefficient (Wildman–Crippen LogP) is 0.250. The van der Waals surface area contributed by atoms with Crippen molar-refractivity contribution >= 4 is 5.91 Å². The number of imidazole rings is 1. The first kappa shape index (κ1) is 14.8. The van der Waals surface area contributed by atoms with Gasteiger partial charge in [-0.15, -0.1) is 0 Å². The van der Waals surface area contributed by atoms with Crippen molar-refractivity contribution in [3.63, 3.8) is 0 Å². The normalized spacial score (nSPS) is 20.0. The van der Waals surface area contributed by atoms with Gasteiger partial charge in [0, 0.05) is 38.1 Å². The first-order valence-electron chi connectivity index (χ1n) is 7.38. The van der Waals surface area contributed by atoms with Crippen LogP contribution in [0.5, 0.6) is 0 Å². The molecule has 0 saturated carbocycles. The Labute approximate surface area is 128 Å². The first-order valence-corrected chi connectivity index (χ1v) is 7.38. The van der Waals surface area contributed by atoms with E-state index in [1.807, 2.05) is 12.1 Å². The summed E-state index contributed by atoms with van der Waals surface area (Å²) in [6.45, 7) is 2.86. The van der Waals surface area contributed by atoms with Gasteiger partial charge in [0.05, 0.1) is 31.7 Å². The fourth-order valence-electron chi connectivity index (χ4n) is 2.70. The number of nitrogens with one attached hydrogen (secondary N) is 1. The summed E-state index contributed by atoms with van der Waals surface area (Å²) >= 11 is 0. The number of nitrogens with zero attached hydrogens (tertiary/aromatic N) is 3. The molecule has 1 amide bonds. The second kappa shape index (κ2) is 6.76. The fourth-order valence-corrected chi connectivity index (χ4v) is 2.70. The number of aromatic amines is 1. The molecule has 3 heterocycles.